The predicted molar refractivity (Wildman–Crippen MR) is 108 cm³/mol. The Hall–Kier alpha value is -2.95. The molecular formula is C20H11BrN2O3S. The fraction of sp³-hybridized carbons (Fsp3) is 0.0500. The highest BCUT2D eigenvalue weighted by Gasteiger charge is 2.14. The van der Waals surface area contributed by atoms with Gasteiger partial charge in [-0.3, -0.25) is 0 Å². The van der Waals surface area contributed by atoms with Crippen molar-refractivity contribution in [3.8, 4) is 17.3 Å². The Balaban J connectivity index is 1.77. The van der Waals surface area contributed by atoms with E-state index in [4.69, 9.17) is 8.83 Å². The Morgan fingerprint density at radius 1 is 1.26 bits per heavy atom. The summed E-state index contributed by atoms with van der Waals surface area (Å²) in [5.74, 6) is 1.34. The number of hydrogen-bond donors (Lipinski definition) is 0. The van der Waals surface area contributed by atoms with Crippen LogP contribution in [0, 0.1) is 18.3 Å². The van der Waals surface area contributed by atoms with E-state index in [0.29, 0.717) is 33.2 Å². The van der Waals surface area contributed by atoms with Crippen LogP contribution in [-0.4, -0.2) is 4.98 Å². The number of aryl methyl sites for hydroxylation is 1. The van der Waals surface area contributed by atoms with E-state index >= 15 is 0 Å². The number of aromatic nitrogens is 1. The highest BCUT2D eigenvalue weighted by atomic mass is 79.9. The van der Waals surface area contributed by atoms with E-state index in [0.717, 1.165) is 15.6 Å². The maximum atomic E-state index is 12.4. The summed E-state index contributed by atoms with van der Waals surface area (Å²) in [6.07, 6.45) is 1.63. The quantitative estimate of drug-likeness (QED) is 0.305. The van der Waals surface area contributed by atoms with Gasteiger partial charge in [0.2, 0.25) is 0 Å². The van der Waals surface area contributed by atoms with Gasteiger partial charge in [0.1, 0.15) is 28.2 Å². The van der Waals surface area contributed by atoms with Crippen molar-refractivity contribution in [3.63, 3.8) is 0 Å². The number of nitrogens with zero attached hydrogens (tertiary/aromatic N) is 2. The minimum atomic E-state index is -0.467. The molecule has 0 aliphatic rings. The van der Waals surface area contributed by atoms with Gasteiger partial charge < -0.3 is 8.83 Å². The molecule has 0 fully saturated rings. The van der Waals surface area contributed by atoms with E-state index in [1.54, 1.807) is 29.7 Å². The molecule has 0 amide bonds. The maximum absolute atomic E-state index is 12.4. The van der Waals surface area contributed by atoms with E-state index in [1.807, 2.05) is 25.1 Å². The SMILES string of the molecule is Cc1ccc(C=C(C#N)c2nc(-c3cc4cc(Br)ccc4oc3=O)cs2)o1. The van der Waals surface area contributed by atoms with E-state index in [1.165, 1.54) is 11.3 Å². The molecule has 27 heavy (non-hydrogen) atoms. The normalized spacial score (nSPS) is 11.7. The molecule has 0 saturated carbocycles. The van der Waals surface area contributed by atoms with Crippen LogP contribution in [0.5, 0.6) is 0 Å². The standard InChI is InChI=1S/C20H11BrN2O3S/c1-11-2-4-15(25-11)7-13(9-22)19-23-17(10-27-19)16-8-12-6-14(21)3-5-18(12)26-20(16)24/h2-8,10H,1H3. The van der Waals surface area contributed by atoms with Crippen LogP contribution < -0.4 is 5.63 Å². The zero-order valence-electron chi connectivity index (χ0n) is 14.0. The number of benzene rings is 1. The Labute approximate surface area is 166 Å². The van der Waals surface area contributed by atoms with Crippen LogP contribution in [-0.2, 0) is 0 Å². The molecule has 0 unspecified atom stereocenters. The first-order chi connectivity index (χ1) is 13.0. The molecule has 0 saturated heterocycles. The fourth-order valence-corrected chi connectivity index (χ4v) is 3.77. The maximum Gasteiger partial charge on any atom is 0.345 e. The number of furan rings is 1. The van der Waals surface area contributed by atoms with Crippen molar-refractivity contribution in [2.45, 2.75) is 6.92 Å². The monoisotopic (exact) mass is 438 g/mol. The zero-order valence-corrected chi connectivity index (χ0v) is 16.4. The summed E-state index contributed by atoms with van der Waals surface area (Å²) in [5, 5.41) is 12.5. The molecule has 0 spiro atoms. The van der Waals surface area contributed by atoms with Gasteiger partial charge in [0, 0.05) is 21.3 Å². The zero-order chi connectivity index (χ0) is 19.0. The van der Waals surface area contributed by atoms with Gasteiger partial charge >= 0.3 is 5.63 Å². The number of allylic oxidation sites excluding steroid dienone is 1. The van der Waals surface area contributed by atoms with E-state index < -0.39 is 5.63 Å². The molecule has 5 nitrogen and oxygen atoms in total. The Morgan fingerprint density at radius 2 is 2.11 bits per heavy atom. The molecule has 1 aromatic carbocycles. The first-order valence-electron chi connectivity index (χ1n) is 7.91. The molecule has 132 valence electrons. The van der Waals surface area contributed by atoms with E-state index in [-0.39, 0.29) is 0 Å². The topological polar surface area (TPSA) is 80.0 Å². The first-order valence-corrected chi connectivity index (χ1v) is 9.58. The van der Waals surface area contributed by atoms with Gasteiger partial charge in [-0.05, 0) is 43.3 Å². The second kappa shape index (κ2) is 6.99. The molecular weight excluding hydrogens is 428 g/mol. The summed E-state index contributed by atoms with van der Waals surface area (Å²) >= 11 is 4.70. The molecule has 4 rings (SSSR count). The van der Waals surface area contributed by atoms with Crippen molar-refractivity contribution in [1.82, 2.24) is 4.98 Å². The molecule has 0 N–H and O–H groups in total. The molecule has 4 aromatic rings. The van der Waals surface area contributed by atoms with Gasteiger partial charge in [-0.1, -0.05) is 15.9 Å². The number of fused-ring (bicyclic) bond motifs is 1. The van der Waals surface area contributed by atoms with Gasteiger partial charge in [0.05, 0.1) is 16.8 Å². The van der Waals surface area contributed by atoms with Gasteiger partial charge in [0.15, 0.2) is 0 Å². The lowest BCUT2D eigenvalue weighted by Gasteiger charge is -2.00. The number of halogens is 1. The third-order valence-electron chi connectivity index (χ3n) is 3.87. The minimum absolute atomic E-state index is 0.356. The van der Waals surface area contributed by atoms with Crippen molar-refractivity contribution >= 4 is 49.9 Å². The van der Waals surface area contributed by atoms with Gasteiger partial charge in [-0.15, -0.1) is 11.3 Å². The molecule has 0 aliphatic carbocycles. The minimum Gasteiger partial charge on any atom is -0.462 e. The molecule has 3 heterocycles. The van der Waals surface area contributed by atoms with Crippen LogP contribution >= 0.6 is 27.3 Å². The van der Waals surface area contributed by atoms with Crippen molar-refractivity contribution in [2.75, 3.05) is 0 Å². The number of nitriles is 1. The van der Waals surface area contributed by atoms with Gasteiger partial charge in [-0.25, -0.2) is 9.78 Å². The smallest absolute Gasteiger partial charge is 0.345 e. The van der Waals surface area contributed by atoms with Crippen LogP contribution in [0.3, 0.4) is 0 Å². The first kappa shape index (κ1) is 17.5. The predicted octanol–water partition coefficient (Wildman–Crippen LogP) is 5.64. The highest BCUT2D eigenvalue weighted by Crippen LogP contribution is 2.28. The molecule has 0 atom stereocenters. The molecule has 0 radical (unpaired) electrons. The van der Waals surface area contributed by atoms with Crippen LogP contribution in [0.15, 0.2) is 59.9 Å². The third-order valence-corrected chi connectivity index (χ3v) is 5.24. The van der Waals surface area contributed by atoms with Crippen LogP contribution in [0.1, 0.15) is 16.5 Å². The summed E-state index contributed by atoms with van der Waals surface area (Å²) in [5.41, 5.74) is 1.24. The number of hydrogen-bond acceptors (Lipinski definition) is 6. The summed E-state index contributed by atoms with van der Waals surface area (Å²) in [7, 11) is 0. The summed E-state index contributed by atoms with van der Waals surface area (Å²) in [6.45, 7) is 1.84. The lowest BCUT2D eigenvalue weighted by Crippen LogP contribution is -2.02. The number of rotatable bonds is 3. The second-order valence-corrected chi connectivity index (χ2v) is 7.56. The number of thiazole rings is 1. The molecule has 7 heteroatoms. The van der Waals surface area contributed by atoms with E-state index in [2.05, 4.69) is 27.0 Å². The Morgan fingerprint density at radius 3 is 2.85 bits per heavy atom. The van der Waals surface area contributed by atoms with E-state index in [9.17, 15) is 10.1 Å². The third kappa shape index (κ3) is 3.50. The second-order valence-electron chi connectivity index (χ2n) is 5.79. The molecule has 0 bridgehead atoms. The average Bonchev–Trinajstić information content (AvgIpc) is 3.28. The molecule has 0 aliphatic heterocycles. The lowest BCUT2D eigenvalue weighted by molar-refractivity contribution is 0.525. The van der Waals surface area contributed by atoms with Crippen LogP contribution in [0.25, 0.3) is 33.9 Å². The Kier molecular flexibility index (Phi) is 4.52. The van der Waals surface area contributed by atoms with Crippen molar-refractivity contribution in [2.24, 2.45) is 0 Å². The van der Waals surface area contributed by atoms with Crippen LogP contribution in [0.4, 0.5) is 0 Å². The average molecular weight is 439 g/mol. The van der Waals surface area contributed by atoms with Gasteiger partial charge in [-0.2, -0.15) is 5.26 Å². The van der Waals surface area contributed by atoms with Crippen LogP contribution in [0.2, 0.25) is 0 Å². The van der Waals surface area contributed by atoms with Crippen molar-refractivity contribution < 1.29 is 8.83 Å². The summed E-state index contributed by atoms with van der Waals surface area (Å²) in [4.78, 5) is 16.8. The fourth-order valence-electron chi connectivity index (χ4n) is 2.61. The summed E-state index contributed by atoms with van der Waals surface area (Å²) in [6, 6.07) is 12.9. The highest BCUT2D eigenvalue weighted by molar-refractivity contribution is 9.10. The lowest BCUT2D eigenvalue weighted by atomic mass is 10.1. The van der Waals surface area contributed by atoms with Crippen molar-refractivity contribution in [1.29, 1.82) is 5.26 Å². The Bertz CT molecular complexity index is 1290. The summed E-state index contributed by atoms with van der Waals surface area (Å²) < 4.78 is 11.8. The molecule has 3 aromatic heterocycles. The van der Waals surface area contributed by atoms with Gasteiger partial charge in [0.25, 0.3) is 0 Å². The largest absolute Gasteiger partial charge is 0.462 e. The van der Waals surface area contributed by atoms with Crippen molar-refractivity contribution in [3.05, 3.63) is 73.2 Å².